The third-order valence-electron chi connectivity index (χ3n) is 5.73. The van der Waals surface area contributed by atoms with E-state index in [4.69, 9.17) is 9.47 Å². The van der Waals surface area contributed by atoms with E-state index < -0.39 is 9.84 Å². The molecule has 1 heterocycles. The van der Waals surface area contributed by atoms with Gasteiger partial charge in [-0.05, 0) is 62.2 Å². The molecule has 1 N–H and O–H groups in total. The first-order valence-electron chi connectivity index (χ1n) is 10.9. The predicted molar refractivity (Wildman–Crippen MR) is 126 cm³/mol. The summed E-state index contributed by atoms with van der Waals surface area (Å²) in [5.74, 6) is 0.589. The monoisotopic (exact) mass is 474 g/mol. The van der Waals surface area contributed by atoms with Crippen molar-refractivity contribution in [3.8, 4) is 11.5 Å². The number of rotatable bonds is 9. The fraction of sp³-hybridized carbons (Fsp3) is 0.417. The highest BCUT2D eigenvalue weighted by atomic mass is 32.2. The minimum Gasteiger partial charge on any atom is -0.493 e. The van der Waals surface area contributed by atoms with Gasteiger partial charge in [0.15, 0.2) is 33.7 Å². The lowest BCUT2D eigenvalue weighted by molar-refractivity contribution is -0.123. The Balaban J connectivity index is 1.48. The number of nitrogens with one attached hydrogen (secondary N) is 1. The van der Waals surface area contributed by atoms with Crippen molar-refractivity contribution in [2.24, 2.45) is 0 Å². The maximum absolute atomic E-state index is 12.4. The topological polar surface area (TPSA) is 102 Å². The van der Waals surface area contributed by atoms with E-state index >= 15 is 0 Å². The fourth-order valence-electron chi connectivity index (χ4n) is 3.73. The Morgan fingerprint density at radius 2 is 1.73 bits per heavy atom. The highest BCUT2D eigenvalue weighted by Gasteiger charge is 2.22. The number of hydrogen-bond acceptors (Lipinski definition) is 7. The van der Waals surface area contributed by atoms with Gasteiger partial charge < -0.3 is 19.7 Å². The van der Waals surface area contributed by atoms with Gasteiger partial charge in [-0.2, -0.15) is 0 Å². The minimum atomic E-state index is -3.20. The third-order valence-corrected chi connectivity index (χ3v) is 7.48. The second kappa shape index (κ2) is 10.7. The minimum absolute atomic E-state index is 0.0408. The number of piperidine rings is 1. The molecule has 0 aromatic heterocycles. The van der Waals surface area contributed by atoms with Gasteiger partial charge in [-0.3, -0.25) is 9.59 Å². The van der Waals surface area contributed by atoms with Gasteiger partial charge in [0.05, 0.1) is 17.8 Å². The Bertz CT molecular complexity index is 1090. The van der Waals surface area contributed by atoms with E-state index in [1.54, 1.807) is 37.3 Å². The van der Waals surface area contributed by atoms with Crippen molar-refractivity contribution >= 4 is 27.2 Å². The summed E-state index contributed by atoms with van der Waals surface area (Å²) in [6.07, 6.45) is 1.55. The van der Waals surface area contributed by atoms with Crippen LogP contribution in [0.4, 0.5) is 5.69 Å². The summed E-state index contributed by atoms with van der Waals surface area (Å²) < 4.78 is 34.8. The Hall–Kier alpha value is -3.07. The number of hydrogen-bond donors (Lipinski definition) is 1. The van der Waals surface area contributed by atoms with E-state index in [9.17, 15) is 18.0 Å². The number of carbonyl (C=O) groups is 2. The van der Waals surface area contributed by atoms with E-state index in [0.717, 1.165) is 31.6 Å². The molecule has 178 valence electrons. The summed E-state index contributed by atoms with van der Waals surface area (Å²) >= 11 is 0. The lowest BCUT2D eigenvalue weighted by Gasteiger charge is -2.34. The number of ketones is 1. The number of ether oxygens (including phenoxy) is 2. The summed E-state index contributed by atoms with van der Waals surface area (Å²) in [6.45, 7) is 4.47. The van der Waals surface area contributed by atoms with E-state index in [1.807, 2.05) is 12.1 Å². The molecule has 1 amide bonds. The molecular weight excluding hydrogens is 444 g/mol. The van der Waals surface area contributed by atoms with Crippen molar-refractivity contribution in [2.45, 2.75) is 37.6 Å². The average molecular weight is 475 g/mol. The smallest absolute Gasteiger partial charge is 0.258 e. The van der Waals surface area contributed by atoms with Gasteiger partial charge in [-0.15, -0.1) is 0 Å². The molecule has 0 bridgehead atoms. The van der Waals surface area contributed by atoms with Crippen molar-refractivity contribution in [1.29, 1.82) is 0 Å². The predicted octanol–water partition coefficient (Wildman–Crippen LogP) is 2.86. The zero-order valence-corrected chi connectivity index (χ0v) is 20.0. The normalized spacial score (nSPS) is 14.6. The van der Waals surface area contributed by atoms with E-state index in [0.29, 0.717) is 22.0 Å². The standard InChI is InChI=1S/C24H30N2O6S/c1-4-33(29,30)21-8-6-20(7-9-21)26-13-11-19(12-14-26)25-24(28)16-32-22-10-5-18(17(2)27)15-23(22)31-3/h5-10,15,19H,4,11-14,16H2,1-3H3,(H,25,28). The molecule has 0 radical (unpaired) electrons. The SMILES string of the molecule is CCS(=O)(=O)c1ccc(N2CCC(NC(=O)COc3ccc(C(C)=O)cc3OC)CC2)cc1. The molecule has 3 rings (SSSR count). The molecule has 0 unspecified atom stereocenters. The van der Waals surface area contributed by atoms with Crippen molar-refractivity contribution in [3.05, 3.63) is 48.0 Å². The molecular formula is C24H30N2O6S. The second-order valence-corrected chi connectivity index (χ2v) is 10.2. The molecule has 0 aliphatic carbocycles. The van der Waals surface area contributed by atoms with Gasteiger partial charge in [0.2, 0.25) is 0 Å². The summed E-state index contributed by atoms with van der Waals surface area (Å²) in [4.78, 5) is 26.4. The Kier molecular flexibility index (Phi) is 7.97. The summed E-state index contributed by atoms with van der Waals surface area (Å²) in [6, 6.07) is 11.9. The average Bonchev–Trinajstić information content (AvgIpc) is 2.83. The molecule has 1 aliphatic rings. The molecule has 1 fully saturated rings. The molecule has 8 nitrogen and oxygen atoms in total. The molecule has 9 heteroatoms. The third kappa shape index (κ3) is 6.25. The van der Waals surface area contributed by atoms with Crippen LogP contribution in [-0.4, -0.2) is 58.7 Å². The maximum atomic E-state index is 12.4. The van der Waals surface area contributed by atoms with Crippen LogP contribution in [0, 0.1) is 0 Å². The van der Waals surface area contributed by atoms with Crippen molar-refractivity contribution in [2.75, 3.05) is 37.5 Å². The maximum Gasteiger partial charge on any atom is 0.258 e. The molecule has 1 aliphatic heterocycles. The zero-order valence-electron chi connectivity index (χ0n) is 19.2. The van der Waals surface area contributed by atoms with Gasteiger partial charge in [0.1, 0.15) is 0 Å². The highest BCUT2D eigenvalue weighted by molar-refractivity contribution is 7.91. The zero-order chi connectivity index (χ0) is 24.0. The molecule has 1 saturated heterocycles. The van der Waals surface area contributed by atoms with Crippen molar-refractivity contribution in [1.82, 2.24) is 5.32 Å². The molecule has 0 spiro atoms. The van der Waals surface area contributed by atoms with Crippen molar-refractivity contribution < 1.29 is 27.5 Å². The number of anilines is 1. The van der Waals surface area contributed by atoms with Crippen LogP contribution in [-0.2, 0) is 14.6 Å². The van der Waals surface area contributed by atoms with Crippen LogP contribution in [0.3, 0.4) is 0 Å². The van der Waals surface area contributed by atoms with Gasteiger partial charge in [0.25, 0.3) is 5.91 Å². The fourth-order valence-corrected chi connectivity index (χ4v) is 4.62. The number of carbonyl (C=O) groups excluding carboxylic acids is 2. The van der Waals surface area contributed by atoms with Gasteiger partial charge in [-0.1, -0.05) is 6.92 Å². The summed E-state index contributed by atoms with van der Waals surface area (Å²) in [5.41, 5.74) is 1.48. The molecule has 0 atom stereocenters. The van der Waals surface area contributed by atoms with E-state index in [-0.39, 0.29) is 30.1 Å². The van der Waals surface area contributed by atoms with Crippen LogP contribution < -0.4 is 19.7 Å². The number of methoxy groups -OCH3 is 1. The second-order valence-electron chi connectivity index (χ2n) is 7.94. The first-order chi connectivity index (χ1) is 15.7. The number of amides is 1. The number of benzene rings is 2. The summed E-state index contributed by atoms with van der Waals surface area (Å²) in [7, 11) is -1.72. The number of sulfone groups is 1. The Morgan fingerprint density at radius 3 is 2.30 bits per heavy atom. The van der Waals surface area contributed by atoms with Crippen LogP contribution >= 0.6 is 0 Å². The van der Waals surface area contributed by atoms with Crippen LogP contribution in [0.25, 0.3) is 0 Å². The van der Waals surface area contributed by atoms with Crippen LogP contribution in [0.2, 0.25) is 0 Å². The lowest BCUT2D eigenvalue weighted by Crippen LogP contribution is -2.46. The van der Waals surface area contributed by atoms with Crippen molar-refractivity contribution in [3.63, 3.8) is 0 Å². The van der Waals surface area contributed by atoms with E-state index in [1.165, 1.54) is 14.0 Å². The lowest BCUT2D eigenvalue weighted by atomic mass is 10.0. The van der Waals surface area contributed by atoms with Crippen LogP contribution in [0.5, 0.6) is 11.5 Å². The number of Topliss-reactive ketones (excluding diaryl/α,β-unsaturated/α-hetero) is 1. The van der Waals surface area contributed by atoms with Gasteiger partial charge in [0, 0.05) is 30.4 Å². The first kappa shape index (κ1) is 24.6. The molecule has 0 saturated carbocycles. The summed E-state index contributed by atoms with van der Waals surface area (Å²) in [5, 5.41) is 3.00. The van der Waals surface area contributed by atoms with Gasteiger partial charge >= 0.3 is 0 Å². The Labute approximate surface area is 194 Å². The largest absolute Gasteiger partial charge is 0.493 e. The first-order valence-corrected chi connectivity index (χ1v) is 12.6. The molecule has 33 heavy (non-hydrogen) atoms. The van der Waals surface area contributed by atoms with Crippen LogP contribution in [0.1, 0.15) is 37.0 Å². The van der Waals surface area contributed by atoms with E-state index in [2.05, 4.69) is 10.2 Å². The van der Waals surface area contributed by atoms with Crippen LogP contribution in [0.15, 0.2) is 47.4 Å². The van der Waals surface area contributed by atoms with Gasteiger partial charge in [-0.25, -0.2) is 8.42 Å². The molecule has 2 aromatic carbocycles. The number of nitrogens with zero attached hydrogens (tertiary/aromatic N) is 1. The molecule has 2 aromatic rings. The Morgan fingerprint density at radius 1 is 1.06 bits per heavy atom. The quantitative estimate of drug-likeness (QED) is 0.558. The highest BCUT2D eigenvalue weighted by Crippen LogP contribution is 2.28.